The van der Waals surface area contributed by atoms with Gasteiger partial charge in [0.15, 0.2) is 5.58 Å². The number of nitrogens with zero attached hydrogens (tertiary/aromatic N) is 5. The zero-order chi connectivity index (χ0) is 19.1. The molecule has 0 bridgehead atoms. The highest BCUT2D eigenvalue weighted by Gasteiger charge is 2.25. The predicted octanol–water partition coefficient (Wildman–Crippen LogP) is 2.12. The number of oxazole rings is 1. The summed E-state index contributed by atoms with van der Waals surface area (Å²) < 4.78 is 5.86. The number of pyridine rings is 2. The molecule has 0 atom stereocenters. The topological polar surface area (TPSA) is 96.3 Å². The molecule has 8 nitrogen and oxygen atoms in total. The van der Waals surface area contributed by atoms with Gasteiger partial charge in [-0.05, 0) is 50.2 Å². The summed E-state index contributed by atoms with van der Waals surface area (Å²) in [5.41, 5.74) is 13.9. The summed E-state index contributed by atoms with van der Waals surface area (Å²) in [4.78, 5) is 15.4. The summed E-state index contributed by atoms with van der Waals surface area (Å²) in [6, 6.07) is 4.33. The van der Waals surface area contributed by atoms with Crippen molar-refractivity contribution in [1.82, 2.24) is 30.3 Å². The average molecular weight is 377 g/mol. The van der Waals surface area contributed by atoms with Gasteiger partial charge in [0.1, 0.15) is 11.3 Å². The number of rotatable bonds is 3. The van der Waals surface area contributed by atoms with Gasteiger partial charge in [-0.15, -0.1) is 0 Å². The van der Waals surface area contributed by atoms with E-state index < -0.39 is 0 Å². The molecule has 0 radical (unpaired) electrons. The fraction of sp³-hybridized carbons (Fsp3) is 0.350. The van der Waals surface area contributed by atoms with Crippen LogP contribution in [0.15, 0.2) is 41.3 Å². The molecule has 144 valence electrons. The second-order valence-corrected chi connectivity index (χ2v) is 7.45. The molecule has 0 spiro atoms. The molecule has 0 saturated carbocycles. The van der Waals surface area contributed by atoms with E-state index >= 15 is 0 Å². The normalized spacial score (nSPS) is 18.8. The first kappa shape index (κ1) is 17.2. The maximum absolute atomic E-state index is 6.12. The first-order valence-electron chi connectivity index (χ1n) is 9.55. The molecule has 2 aliphatic heterocycles. The summed E-state index contributed by atoms with van der Waals surface area (Å²) in [5.74, 6) is 0.871. The van der Waals surface area contributed by atoms with Crippen LogP contribution >= 0.6 is 0 Å². The number of nitrogen functional groups attached to an aromatic ring is 1. The number of likely N-dealkylation sites (tertiary alicyclic amines) is 1. The second-order valence-electron chi connectivity index (χ2n) is 7.45. The molecule has 3 aromatic heterocycles. The Bertz CT molecular complexity index is 1000. The number of hydrogen-bond acceptors (Lipinski definition) is 8. The number of aromatic nitrogens is 3. The number of hydrazine groups is 1. The minimum Gasteiger partial charge on any atom is -0.436 e. The molecular weight excluding hydrogens is 354 g/mol. The fourth-order valence-corrected chi connectivity index (χ4v) is 3.84. The van der Waals surface area contributed by atoms with Crippen molar-refractivity contribution in [3.05, 3.63) is 42.5 Å². The van der Waals surface area contributed by atoms with Crippen LogP contribution in [0.3, 0.4) is 0 Å². The molecule has 1 saturated heterocycles. The van der Waals surface area contributed by atoms with Crippen LogP contribution in [-0.2, 0) is 0 Å². The average Bonchev–Trinajstić information content (AvgIpc) is 3.36. The van der Waals surface area contributed by atoms with Gasteiger partial charge in [0.05, 0.1) is 11.8 Å². The van der Waals surface area contributed by atoms with Gasteiger partial charge in [0, 0.05) is 37.2 Å². The van der Waals surface area contributed by atoms with Crippen LogP contribution in [-0.4, -0.2) is 57.6 Å². The molecule has 0 amide bonds. The van der Waals surface area contributed by atoms with E-state index in [0.29, 0.717) is 34.4 Å². The molecule has 3 aromatic rings. The lowest BCUT2D eigenvalue weighted by molar-refractivity contribution is 0.134. The van der Waals surface area contributed by atoms with Gasteiger partial charge in [-0.3, -0.25) is 4.98 Å². The highest BCUT2D eigenvalue weighted by molar-refractivity contribution is 5.80. The number of nitrogens with one attached hydrogen (secondary N) is 1. The van der Waals surface area contributed by atoms with Crippen molar-refractivity contribution in [3.63, 3.8) is 0 Å². The van der Waals surface area contributed by atoms with Crippen molar-refractivity contribution < 1.29 is 4.42 Å². The Morgan fingerprint density at radius 2 is 2.11 bits per heavy atom. The summed E-state index contributed by atoms with van der Waals surface area (Å²) >= 11 is 0. The van der Waals surface area contributed by atoms with Crippen molar-refractivity contribution in [2.45, 2.75) is 18.9 Å². The summed E-state index contributed by atoms with van der Waals surface area (Å²) in [7, 11) is 2.18. The molecule has 3 N–H and O–H groups in total. The Labute approximate surface area is 163 Å². The van der Waals surface area contributed by atoms with E-state index in [1.807, 2.05) is 12.3 Å². The first-order valence-corrected chi connectivity index (χ1v) is 9.55. The Kier molecular flexibility index (Phi) is 4.22. The van der Waals surface area contributed by atoms with Gasteiger partial charge in [0.2, 0.25) is 5.89 Å². The maximum Gasteiger partial charge on any atom is 0.231 e. The van der Waals surface area contributed by atoms with Gasteiger partial charge in [-0.2, -0.15) is 0 Å². The fourth-order valence-electron chi connectivity index (χ4n) is 3.84. The summed E-state index contributed by atoms with van der Waals surface area (Å²) in [6.07, 6.45) is 9.70. The molecule has 0 aliphatic carbocycles. The van der Waals surface area contributed by atoms with Gasteiger partial charge >= 0.3 is 0 Å². The van der Waals surface area contributed by atoms with Crippen molar-refractivity contribution in [3.8, 4) is 11.5 Å². The van der Waals surface area contributed by atoms with Gasteiger partial charge in [0.25, 0.3) is 0 Å². The van der Waals surface area contributed by atoms with Gasteiger partial charge in [-0.25, -0.2) is 15.4 Å². The van der Waals surface area contributed by atoms with Crippen molar-refractivity contribution in [2.24, 2.45) is 0 Å². The van der Waals surface area contributed by atoms with Crippen LogP contribution in [0.2, 0.25) is 0 Å². The number of fused-ring (bicyclic) bond motifs is 1. The number of hydrogen-bond donors (Lipinski definition) is 2. The van der Waals surface area contributed by atoms with Crippen LogP contribution in [0.25, 0.3) is 28.1 Å². The van der Waals surface area contributed by atoms with Crippen LogP contribution in [0.1, 0.15) is 18.4 Å². The Hall–Kier alpha value is -2.97. The summed E-state index contributed by atoms with van der Waals surface area (Å²) in [6.45, 7) is 3.03. The summed E-state index contributed by atoms with van der Waals surface area (Å²) in [5, 5.41) is 2.25. The highest BCUT2D eigenvalue weighted by atomic mass is 16.3. The number of nitrogens with two attached hydrogens (primary N) is 1. The third kappa shape index (κ3) is 3.10. The minimum atomic E-state index is 0.405. The van der Waals surface area contributed by atoms with Crippen LogP contribution in [0.5, 0.6) is 0 Å². The molecule has 2 aliphatic rings. The lowest BCUT2D eigenvalue weighted by Gasteiger charge is -2.34. The lowest BCUT2D eigenvalue weighted by Crippen LogP contribution is -2.45. The quantitative estimate of drug-likeness (QED) is 0.717. The predicted molar refractivity (Wildman–Crippen MR) is 108 cm³/mol. The lowest BCUT2D eigenvalue weighted by atomic mass is 10.0. The monoisotopic (exact) mass is 377 g/mol. The minimum absolute atomic E-state index is 0.405. The van der Waals surface area contributed by atoms with Crippen molar-refractivity contribution >= 4 is 22.5 Å². The first-order chi connectivity index (χ1) is 13.7. The molecule has 1 fully saturated rings. The van der Waals surface area contributed by atoms with Crippen LogP contribution < -0.4 is 11.2 Å². The Morgan fingerprint density at radius 1 is 1.25 bits per heavy atom. The zero-order valence-corrected chi connectivity index (χ0v) is 15.8. The second kappa shape index (κ2) is 6.88. The zero-order valence-electron chi connectivity index (χ0n) is 15.8. The van der Waals surface area contributed by atoms with E-state index in [9.17, 15) is 0 Å². The van der Waals surface area contributed by atoms with Crippen LogP contribution in [0, 0.1) is 0 Å². The van der Waals surface area contributed by atoms with E-state index in [2.05, 4.69) is 43.5 Å². The van der Waals surface area contributed by atoms with E-state index in [1.165, 1.54) is 5.57 Å². The molecule has 0 aromatic carbocycles. The molecular formula is C20H23N7O. The highest BCUT2D eigenvalue weighted by Crippen LogP contribution is 2.31. The SMILES string of the molecule is CN1CCC(N2C=C(c3cnc(N)c(-c4nc5cnccc5o4)c3)CN2)CC1. The Balaban J connectivity index is 1.43. The molecule has 0 unspecified atom stereocenters. The van der Waals surface area contributed by atoms with Crippen molar-refractivity contribution in [2.75, 3.05) is 32.4 Å². The van der Waals surface area contributed by atoms with E-state index in [-0.39, 0.29) is 0 Å². The van der Waals surface area contributed by atoms with E-state index in [4.69, 9.17) is 10.2 Å². The molecule has 28 heavy (non-hydrogen) atoms. The number of piperidine rings is 1. The Morgan fingerprint density at radius 3 is 2.93 bits per heavy atom. The van der Waals surface area contributed by atoms with Crippen LogP contribution in [0.4, 0.5) is 5.82 Å². The molecule has 5 heterocycles. The van der Waals surface area contributed by atoms with E-state index in [1.54, 1.807) is 18.5 Å². The molecule has 5 rings (SSSR count). The largest absolute Gasteiger partial charge is 0.436 e. The molecule has 8 heteroatoms. The van der Waals surface area contributed by atoms with Crippen molar-refractivity contribution in [1.29, 1.82) is 0 Å². The number of anilines is 1. The third-order valence-corrected chi connectivity index (χ3v) is 5.54. The van der Waals surface area contributed by atoms with E-state index in [0.717, 1.165) is 38.0 Å². The maximum atomic E-state index is 6.12. The standard InChI is InChI=1S/C20H23N7O/c1-26-6-3-15(4-7-26)27-12-14(10-24-27)13-8-16(19(21)23-9-13)20-25-17-11-22-5-2-18(17)28-20/h2,5,8-9,11-12,15,24H,3-4,6-7,10H2,1H3,(H2,21,23). The smallest absolute Gasteiger partial charge is 0.231 e. The third-order valence-electron chi connectivity index (χ3n) is 5.54. The van der Waals surface area contributed by atoms with Gasteiger partial charge in [-0.1, -0.05) is 0 Å². The van der Waals surface area contributed by atoms with Gasteiger partial charge < -0.3 is 20.1 Å².